The molecule has 8 nitrogen and oxygen atoms in total. The van der Waals surface area contributed by atoms with Gasteiger partial charge in [-0.3, -0.25) is 0 Å². The molecule has 0 aromatic heterocycles. The fraction of sp³-hybridized carbons (Fsp3) is 0.300. The Bertz CT molecular complexity index is 794. The van der Waals surface area contributed by atoms with Crippen LogP contribution >= 0.6 is 0 Å². The van der Waals surface area contributed by atoms with Crippen LogP contribution in [0.1, 0.15) is 11.1 Å². The van der Waals surface area contributed by atoms with Gasteiger partial charge >= 0.3 is 12.1 Å². The van der Waals surface area contributed by atoms with Crippen LogP contribution in [0.4, 0.5) is 4.79 Å². The number of nitrogens with one attached hydrogen (secondary N) is 1. The number of carbonyl (C=O) groups excluding carboxylic acids is 1. The van der Waals surface area contributed by atoms with E-state index in [1.54, 1.807) is 30.3 Å². The number of methoxy groups -OCH3 is 2. The standard InChI is InChI=1S/C20H23NO7/c1-26-16-9-8-14(11-17(16)27-2)10-15(18(22)19(23)24)21-20(25)28-12-13-6-4-3-5-7-13/h3-9,11,15,18,22H,10,12H2,1-2H3,(H,21,25)(H,23,24)/t15-,18-/m0/s1. The Balaban J connectivity index is 2.07. The first-order valence-corrected chi connectivity index (χ1v) is 8.53. The number of aliphatic hydroxyl groups is 1. The van der Waals surface area contributed by atoms with Gasteiger partial charge in [-0.2, -0.15) is 0 Å². The maximum absolute atomic E-state index is 12.1. The number of carboxylic acids is 1. The molecule has 0 spiro atoms. The Morgan fingerprint density at radius 3 is 2.29 bits per heavy atom. The molecule has 0 fully saturated rings. The second-order valence-corrected chi connectivity index (χ2v) is 5.99. The van der Waals surface area contributed by atoms with Crippen molar-refractivity contribution in [2.45, 2.75) is 25.2 Å². The first-order chi connectivity index (χ1) is 13.4. The molecule has 0 aliphatic carbocycles. The van der Waals surface area contributed by atoms with Crippen LogP contribution in [0.15, 0.2) is 48.5 Å². The minimum Gasteiger partial charge on any atom is -0.493 e. The van der Waals surface area contributed by atoms with Gasteiger partial charge < -0.3 is 29.7 Å². The van der Waals surface area contributed by atoms with Crippen molar-refractivity contribution in [3.63, 3.8) is 0 Å². The number of rotatable bonds is 9. The molecule has 0 unspecified atom stereocenters. The van der Waals surface area contributed by atoms with Gasteiger partial charge in [-0.05, 0) is 29.7 Å². The molecule has 0 saturated heterocycles. The summed E-state index contributed by atoms with van der Waals surface area (Å²) < 4.78 is 15.5. The third-order valence-electron chi connectivity index (χ3n) is 4.05. The summed E-state index contributed by atoms with van der Waals surface area (Å²) in [4.78, 5) is 23.3. The number of hydrogen-bond acceptors (Lipinski definition) is 6. The Hall–Kier alpha value is -3.26. The van der Waals surface area contributed by atoms with Crippen LogP contribution in [-0.2, 0) is 22.6 Å². The van der Waals surface area contributed by atoms with Crippen LogP contribution in [0.2, 0.25) is 0 Å². The topological polar surface area (TPSA) is 114 Å². The van der Waals surface area contributed by atoms with E-state index < -0.39 is 24.2 Å². The Kier molecular flexibility index (Phi) is 7.65. The summed E-state index contributed by atoms with van der Waals surface area (Å²) in [6.07, 6.45) is -2.58. The van der Waals surface area contributed by atoms with E-state index in [1.807, 2.05) is 18.2 Å². The van der Waals surface area contributed by atoms with E-state index in [-0.39, 0.29) is 13.0 Å². The zero-order valence-electron chi connectivity index (χ0n) is 15.6. The highest BCUT2D eigenvalue weighted by molar-refractivity contribution is 5.75. The molecule has 0 aliphatic heterocycles. The van der Waals surface area contributed by atoms with E-state index in [0.717, 1.165) is 5.56 Å². The lowest BCUT2D eigenvalue weighted by molar-refractivity contribution is -0.148. The number of carboxylic acid groups (broad SMARTS) is 1. The number of benzene rings is 2. The summed E-state index contributed by atoms with van der Waals surface area (Å²) >= 11 is 0. The quantitative estimate of drug-likeness (QED) is 0.601. The number of hydrogen-bond donors (Lipinski definition) is 3. The van der Waals surface area contributed by atoms with Crippen molar-refractivity contribution in [1.29, 1.82) is 0 Å². The van der Waals surface area contributed by atoms with Crippen LogP contribution in [0.25, 0.3) is 0 Å². The minimum atomic E-state index is -1.81. The Labute approximate surface area is 162 Å². The second kappa shape index (κ2) is 10.2. The molecule has 0 aliphatic rings. The normalized spacial score (nSPS) is 12.5. The van der Waals surface area contributed by atoms with Crippen molar-refractivity contribution in [2.24, 2.45) is 0 Å². The van der Waals surface area contributed by atoms with Gasteiger partial charge in [-0.25, -0.2) is 9.59 Å². The maximum atomic E-state index is 12.1. The second-order valence-electron chi connectivity index (χ2n) is 5.99. The van der Waals surface area contributed by atoms with E-state index in [2.05, 4.69) is 5.32 Å². The fourth-order valence-corrected chi connectivity index (χ4v) is 2.59. The highest BCUT2D eigenvalue weighted by atomic mass is 16.5. The Morgan fingerprint density at radius 1 is 1.00 bits per heavy atom. The number of alkyl carbamates (subject to hydrolysis) is 1. The lowest BCUT2D eigenvalue weighted by Gasteiger charge is -2.22. The van der Waals surface area contributed by atoms with Crippen molar-refractivity contribution in [2.75, 3.05) is 14.2 Å². The van der Waals surface area contributed by atoms with Gasteiger partial charge in [0.2, 0.25) is 0 Å². The van der Waals surface area contributed by atoms with Crippen molar-refractivity contribution >= 4 is 12.1 Å². The lowest BCUT2D eigenvalue weighted by Crippen LogP contribution is -2.48. The lowest BCUT2D eigenvalue weighted by atomic mass is 10.0. The van der Waals surface area contributed by atoms with Crippen molar-refractivity contribution in [3.05, 3.63) is 59.7 Å². The predicted octanol–water partition coefficient (Wildman–Crippen LogP) is 1.99. The SMILES string of the molecule is COc1ccc(C[C@H](NC(=O)OCc2ccccc2)[C@H](O)C(=O)O)cc1OC. The van der Waals surface area contributed by atoms with E-state index in [1.165, 1.54) is 14.2 Å². The van der Waals surface area contributed by atoms with E-state index in [0.29, 0.717) is 17.1 Å². The first kappa shape index (κ1) is 21.0. The van der Waals surface area contributed by atoms with Gasteiger partial charge in [0.05, 0.1) is 20.3 Å². The third kappa shape index (κ3) is 5.88. The molecule has 3 N–H and O–H groups in total. The van der Waals surface area contributed by atoms with Crippen LogP contribution in [0.5, 0.6) is 11.5 Å². The highest BCUT2D eigenvalue weighted by Crippen LogP contribution is 2.28. The maximum Gasteiger partial charge on any atom is 0.407 e. The largest absolute Gasteiger partial charge is 0.493 e. The molecule has 28 heavy (non-hydrogen) atoms. The Morgan fingerprint density at radius 2 is 1.68 bits per heavy atom. The summed E-state index contributed by atoms with van der Waals surface area (Å²) in [7, 11) is 2.98. The van der Waals surface area contributed by atoms with Crippen molar-refractivity contribution < 1.29 is 34.0 Å². The summed E-state index contributed by atoms with van der Waals surface area (Å²) in [5.74, 6) is -0.485. The average Bonchev–Trinajstić information content (AvgIpc) is 2.71. The van der Waals surface area contributed by atoms with Crippen molar-refractivity contribution in [3.8, 4) is 11.5 Å². The average molecular weight is 389 g/mol. The van der Waals surface area contributed by atoms with Gasteiger partial charge in [0.1, 0.15) is 6.61 Å². The third-order valence-corrected chi connectivity index (χ3v) is 4.05. The molecule has 2 rings (SSSR count). The summed E-state index contributed by atoms with van der Waals surface area (Å²) in [6, 6.07) is 12.9. The molecule has 2 aromatic rings. The fourth-order valence-electron chi connectivity index (χ4n) is 2.59. The van der Waals surface area contributed by atoms with Gasteiger partial charge in [0.25, 0.3) is 0 Å². The summed E-state index contributed by atoms with van der Waals surface area (Å²) in [6.45, 7) is 0.0267. The van der Waals surface area contributed by atoms with Gasteiger partial charge in [-0.15, -0.1) is 0 Å². The molecule has 1 amide bonds. The van der Waals surface area contributed by atoms with Crippen LogP contribution in [-0.4, -0.2) is 48.6 Å². The zero-order valence-corrected chi connectivity index (χ0v) is 15.6. The molecule has 0 bridgehead atoms. The molecular formula is C20H23NO7. The van der Waals surface area contributed by atoms with E-state index in [9.17, 15) is 14.7 Å². The van der Waals surface area contributed by atoms with Gasteiger partial charge in [0.15, 0.2) is 17.6 Å². The number of amides is 1. The molecule has 0 heterocycles. The van der Waals surface area contributed by atoms with Crippen LogP contribution in [0, 0.1) is 0 Å². The number of carbonyl (C=O) groups is 2. The molecular weight excluding hydrogens is 366 g/mol. The molecule has 0 saturated carbocycles. The monoisotopic (exact) mass is 389 g/mol. The molecule has 150 valence electrons. The summed E-state index contributed by atoms with van der Waals surface area (Å²) in [5.41, 5.74) is 1.43. The first-order valence-electron chi connectivity index (χ1n) is 8.53. The number of aliphatic hydroxyl groups excluding tert-OH is 1. The van der Waals surface area contributed by atoms with Crippen molar-refractivity contribution in [1.82, 2.24) is 5.32 Å². The smallest absolute Gasteiger partial charge is 0.407 e. The molecule has 0 radical (unpaired) electrons. The highest BCUT2D eigenvalue weighted by Gasteiger charge is 2.28. The van der Waals surface area contributed by atoms with Gasteiger partial charge in [0, 0.05) is 0 Å². The number of aliphatic carboxylic acids is 1. The van der Waals surface area contributed by atoms with Crippen LogP contribution < -0.4 is 14.8 Å². The van der Waals surface area contributed by atoms with Crippen LogP contribution in [0.3, 0.4) is 0 Å². The number of ether oxygens (including phenoxy) is 3. The zero-order chi connectivity index (χ0) is 20.5. The summed E-state index contributed by atoms with van der Waals surface area (Å²) in [5, 5.41) is 21.5. The van der Waals surface area contributed by atoms with E-state index >= 15 is 0 Å². The van der Waals surface area contributed by atoms with E-state index in [4.69, 9.17) is 19.3 Å². The molecule has 2 aromatic carbocycles. The van der Waals surface area contributed by atoms with Gasteiger partial charge in [-0.1, -0.05) is 36.4 Å². The molecule has 2 atom stereocenters. The predicted molar refractivity (Wildman–Crippen MR) is 100 cm³/mol. The minimum absolute atomic E-state index is 0.0267. The molecule has 8 heteroatoms.